The fourth-order valence-corrected chi connectivity index (χ4v) is 0. The van der Waals surface area contributed by atoms with Gasteiger partial charge in [0.1, 0.15) is 0 Å². The molecule has 16 heteroatoms. The first-order valence-corrected chi connectivity index (χ1v) is 0. The molecule has 0 aromatic carbocycles. The molecule has 0 aliphatic rings. The van der Waals surface area contributed by atoms with E-state index < -0.39 is 0 Å². The van der Waals surface area contributed by atoms with Crippen LogP contribution in [0.4, 0.5) is 0 Å². The second-order valence-corrected chi connectivity index (χ2v) is 0. The van der Waals surface area contributed by atoms with Gasteiger partial charge in [-0.15, -0.1) is 0 Å². The second-order valence-electron chi connectivity index (χ2n) is 0. The molecule has 0 fully saturated rings. The summed E-state index contributed by atoms with van der Waals surface area (Å²) in [6, 6.07) is 0. The van der Waals surface area contributed by atoms with E-state index in [-0.39, 0.29) is 262 Å². The topological polar surface area (TPSA) is 292 Å². The molecule has 0 rings (SSSR count). The van der Waals surface area contributed by atoms with Crippen molar-refractivity contribution in [2.24, 2.45) is 0 Å². The standard InChI is InChI=1S/3Ge.3K.5H2O.5O/h;;;;;;5*1H2;;;;;/q3*+4;3*+1;;;;;;5*-2/p-5. The van der Waals surface area contributed by atoms with Gasteiger partial charge in [0.25, 0.3) is 0 Å². The van der Waals surface area contributed by atoms with Crippen molar-refractivity contribution >= 4 is 52.8 Å². The van der Waals surface area contributed by atoms with Crippen LogP contribution in [-0.4, -0.2) is 80.2 Å². The van der Waals surface area contributed by atoms with E-state index in [9.17, 15) is 0 Å². The van der Waals surface area contributed by atoms with Crippen molar-refractivity contribution in [1.29, 1.82) is 0 Å². The Morgan fingerprint density at radius 1 is 0.250 bits per heavy atom. The molecule has 0 radical (unpaired) electrons. The van der Waals surface area contributed by atoms with Crippen LogP contribution in [0.3, 0.4) is 0 Å². The van der Waals surface area contributed by atoms with Crippen molar-refractivity contribution in [1.82, 2.24) is 0 Å². The first-order valence-electron chi connectivity index (χ1n) is 0. The summed E-state index contributed by atoms with van der Waals surface area (Å²) >= 11 is 0. The van der Waals surface area contributed by atoms with Gasteiger partial charge < -0.3 is 54.8 Å². The number of hydrogen-bond donors (Lipinski definition) is 0. The van der Waals surface area contributed by atoms with E-state index in [4.69, 9.17) is 0 Å². The molecule has 0 bridgehead atoms. The van der Waals surface area contributed by atoms with E-state index in [1.165, 1.54) is 0 Å². The van der Waals surface area contributed by atoms with Crippen LogP contribution >= 0.6 is 0 Å². The zero-order valence-electron chi connectivity index (χ0n) is 8.78. The van der Waals surface area contributed by atoms with Crippen LogP contribution < -0.4 is 154 Å². The Morgan fingerprint density at radius 3 is 0.250 bits per heavy atom. The summed E-state index contributed by atoms with van der Waals surface area (Å²) < 4.78 is 0. The maximum absolute atomic E-state index is 0. The minimum Gasteiger partial charge on any atom is -2.00 e. The predicted molar refractivity (Wildman–Crippen MR) is 30.4 cm³/mol. The van der Waals surface area contributed by atoms with Crippen LogP contribution in [0.1, 0.15) is 0 Å². The molecule has 0 aromatic heterocycles. The average molecular weight is 500 g/mol. The Kier molecular flexibility index (Phi) is 3730. The third kappa shape index (κ3) is 196. The van der Waals surface area contributed by atoms with Gasteiger partial charge >= 0.3 is 207 Å². The molecule has 16 heavy (non-hydrogen) atoms. The van der Waals surface area contributed by atoms with E-state index >= 15 is 0 Å². The Hall–Kier alpha value is 6.14. The van der Waals surface area contributed by atoms with Gasteiger partial charge in [-0.05, 0) is 0 Å². The molecule has 0 unspecified atom stereocenters. The van der Waals surface area contributed by atoms with Gasteiger partial charge in [0, 0.05) is 0 Å². The van der Waals surface area contributed by atoms with E-state index in [0.29, 0.717) is 0 Å². The summed E-state index contributed by atoms with van der Waals surface area (Å²) in [5, 5.41) is 0. The van der Waals surface area contributed by atoms with Crippen LogP contribution in [0.2, 0.25) is 0 Å². The van der Waals surface area contributed by atoms with Crippen LogP contribution in [0, 0.1) is 0 Å². The molecule has 10 nitrogen and oxygen atoms in total. The van der Waals surface area contributed by atoms with Crippen molar-refractivity contribution < 1.29 is 209 Å². The molecule has 0 aliphatic heterocycles. The van der Waals surface area contributed by atoms with Gasteiger partial charge in [0.2, 0.25) is 0 Å². The normalized spacial score (nSPS) is 0. The van der Waals surface area contributed by atoms with Gasteiger partial charge in [-0.3, -0.25) is 0 Å². The quantitative estimate of drug-likeness (QED) is 0.292. The summed E-state index contributed by atoms with van der Waals surface area (Å²) in [4.78, 5) is 0. The maximum atomic E-state index is 0. The monoisotopic (exact) mass is 504 g/mol. The molecule has 0 amide bonds. The van der Waals surface area contributed by atoms with Crippen molar-refractivity contribution in [3.05, 3.63) is 0 Å². The minimum absolute atomic E-state index is 0. The van der Waals surface area contributed by atoms with Gasteiger partial charge in [0.15, 0.2) is 0 Å². The molecule has 0 saturated carbocycles. The SMILES string of the molecule is [Ge+4].[Ge+4].[Ge+4].[K+].[K+].[K+].[O-2].[O-2].[O-2].[O-2].[O-2].[OH-].[OH-].[OH-].[OH-].[OH-]. The summed E-state index contributed by atoms with van der Waals surface area (Å²) in [5.74, 6) is 0. The largest absolute Gasteiger partial charge is 4.00 e. The summed E-state index contributed by atoms with van der Waals surface area (Å²) in [6.45, 7) is 0. The third-order valence-corrected chi connectivity index (χ3v) is 0. The molecule has 0 aliphatic carbocycles. The van der Waals surface area contributed by atoms with Crippen molar-refractivity contribution in [3.8, 4) is 0 Å². The first-order chi connectivity index (χ1) is 0. The van der Waals surface area contributed by atoms with E-state index in [1.54, 1.807) is 0 Å². The first kappa shape index (κ1) is 263. The van der Waals surface area contributed by atoms with Crippen LogP contribution in [-0.2, 0) is 27.4 Å². The molecule has 0 atom stereocenters. The molecule has 80 valence electrons. The zero-order valence-corrected chi connectivity index (χ0v) is 24.4. The van der Waals surface area contributed by atoms with E-state index in [0.717, 1.165) is 0 Å². The van der Waals surface area contributed by atoms with Crippen LogP contribution in [0.25, 0.3) is 0 Å². The molecular formula is H5Ge3K3O10. The van der Waals surface area contributed by atoms with Crippen molar-refractivity contribution in [2.45, 2.75) is 0 Å². The zero-order chi connectivity index (χ0) is 0. The van der Waals surface area contributed by atoms with Gasteiger partial charge in [-0.2, -0.15) is 0 Å². The van der Waals surface area contributed by atoms with Crippen LogP contribution in [0.15, 0.2) is 0 Å². The fraction of sp³-hybridized carbons (Fsp3) is 0. The summed E-state index contributed by atoms with van der Waals surface area (Å²) in [5.41, 5.74) is 0. The van der Waals surface area contributed by atoms with Gasteiger partial charge in [0.05, 0.1) is 0 Å². The Balaban J connectivity index is 0. The Morgan fingerprint density at radius 2 is 0.250 bits per heavy atom. The minimum atomic E-state index is 0. The van der Waals surface area contributed by atoms with Crippen molar-refractivity contribution in [2.75, 3.05) is 0 Å². The van der Waals surface area contributed by atoms with Crippen molar-refractivity contribution in [3.63, 3.8) is 0 Å². The summed E-state index contributed by atoms with van der Waals surface area (Å²) in [7, 11) is 0. The number of rotatable bonds is 0. The molecule has 0 spiro atoms. The summed E-state index contributed by atoms with van der Waals surface area (Å²) in [6.07, 6.45) is 0. The Labute approximate surface area is 254 Å². The van der Waals surface area contributed by atoms with Gasteiger partial charge in [-0.1, -0.05) is 0 Å². The van der Waals surface area contributed by atoms with Crippen LogP contribution in [0.5, 0.6) is 0 Å². The third-order valence-electron chi connectivity index (χ3n) is 0. The maximum Gasteiger partial charge on any atom is 4.00 e. The molecular weight excluding hydrogens is 495 g/mol. The molecule has 0 saturated heterocycles. The number of hydrogen-bond acceptors (Lipinski definition) is 5. The second kappa shape index (κ2) is 228. The fourth-order valence-electron chi connectivity index (χ4n) is 0. The molecule has 5 N–H and O–H groups in total. The predicted octanol–water partition coefficient (Wildman–Crippen LogP) is -11.6. The smallest absolute Gasteiger partial charge is 2.00 e. The van der Waals surface area contributed by atoms with E-state index in [1.807, 2.05) is 0 Å². The van der Waals surface area contributed by atoms with Gasteiger partial charge in [-0.25, -0.2) is 0 Å². The molecule has 0 heterocycles. The average Bonchev–Trinajstić information content (AvgIpc) is 0. The molecule has 0 aromatic rings. The Bertz CT molecular complexity index is 21.3. The van der Waals surface area contributed by atoms with E-state index in [2.05, 4.69) is 0 Å².